The van der Waals surface area contributed by atoms with Crippen molar-refractivity contribution in [3.8, 4) is 12.3 Å². The number of terminal acetylenes is 1. The first kappa shape index (κ1) is 16.1. The van der Waals surface area contributed by atoms with Gasteiger partial charge in [0.1, 0.15) is 0 Å². The quantitative estimate of drug-likeness (QED) is 0.498. The first-order valence-electron chi connectivity index (χ1n) is 10.5. The summed E-state index contributed by atoms with van der Waals surface area (Å²) in [6.45, 7) is 7.74. The van der Waals surface area contributed by atoms with E-state index in [1.807, 2.05) is 0 Å². The first-order valence-corrected chi connectivity index (χ1v) is 10.5. The molecule has 4 rings (SSSR count). The van der Waals surface area contributed by atoms with Crippen LogP contribution in [0.1, 0.15) is 85.0 Å². The van der Waals surface area contributed by atoms with Gasteiger partial charge in [0.2, 0.25) is 0 Å². The molecule has 1 unspecified atom stereocenters. The minimum absolute atomic E-state index is 0.559. The second-order valence-electron chi connectivity index (χ2n) is 10.0. The first-order chi connectivity index (χ1) is 11.0. The van der Waals surface area contributed by atoms with Crippen LogP contribution in [0, 0.1) is 58.7 Å². The second kappa shape index (κ2) is 5.54. The molecule has 0 bridgehead atoms. The maximum Gasteiger partial charge on any atom is 0.0205 e. The average Bonchev–Trinajstić information content (AvgIpc) is 2.90. The fourth-order valence-electron chi connectivity index (χ4n) is 8.28. The predicted molar refractivity (Wildman–Crippen MR) is 97.8 cm³/mol. The Labute approximate surface area is 144 Å². The second-order valence-corrected chi connectivity index (χ2v) is 10.0. The molecule has 0 aromatic rings. The van der Waals surface area contributed by atoms with Crippen molar-refractivity contribution in [3.63, 3.8) is 0 Å². The summed E-state index contributed by atoms with van der Waals surface area (Å²) < 4.78 is 0. The standard InChI is InChI=1S/C23H36/c1-5-16-7-8-18-9-11-19-20-12-10-17(6-2)22(20,3)14-13-21(19)23(18,4)15-16/h1,16-21H,6-15H2,2-4H3/t16?,17-,18+,19-,20-,21-,22+,23-/m0/s1. The van der Waals surface area contributed by atoms with E-state index in [0.29, 0.717) is 16.7 Å². The van der Waals surface area contributed by atoms with Crippen LogP contribution >= 0.6 is 0 Å². The van der Waals surface area contributed by atoms with Crippen molar-refractivity contribution in [2.45, 2.75) is 85.0 Å². The van der Waals surface area contributed by atoms with Crippen LogP contribution in [0.3, 0.4) is 0 Å². The molecule has 0 heteroatoms. The zero-order valence-electron chi connectivity index (χ0n) is 15.6. The largest absolute Gasteiger partial charge is 0.120 e. The van der Waals surface area contributed by atoms with Gasteiger partial charge >= 0.3 is 0 Å². The van der Waals surface area contributed by atoms with Crippen molar-refractivity contribution in [1.29, 1.82) is 0 Å². The Balaban J connectivity index is 1.62. The van der Waals surface area contributed by atoms with Crippen LogP contribution in [0.15, 0.2) is 0 Å². The van der Waals surface area contributed by atoms with Crippen LogP contribution in [-0.4, -0.2) is 0 Å². The van der Waals surface area contributed by atoms with Crippen LogP contribution in [0.5, 0.6) is 0 Å². The molecule has 4 aliphatic carbocycles. The van der Waals surface area contributed by atoms with Crippen molar-refractivity contribution >= 4 is 0 Å². The van der Waals surface area contributed by atoms with Gasteiger partial charge in [0.15, 0.2) is 0 Å². The van der Waals surface area contributed by atoms with Gasteiger partial charge in [0.05, 0.1) is 0 Å². The van der Waals surface area contributed by atoms with Gasteiger partial charge in [0.25, 0.3) is 0 Å². The maximum atomic E-state index is 5.84. The van der Waals surface area contributed by atoms with E-state index < -0.39 is 0 Å². The summed E-state index contributed by atoms with van der Waals surface area (Å²) in [5.74, 6) is 8.69. The van der Waals surface area contributed by atoms with Crippen molar-refractivity contribution in [2.75, 3.05) is 0 Å². The fourth-order valence-corrected chi connectivity index (χ4v) is 8.28. The third-order valence-electron chi connectivity index (χ3n) is 9.54. The van der Waals surface area contributed by atoms with Crippen molar-refractivity contribution < 1.29 is 0 Å². The molecular weight excluding hydrogens is 276 g/mol. The van der Waals surface area contributed by atoms with Gasteiger partial charge < -0.3 is 0 Å². The average molecular weight is 313 g/mol. The molecule has 0 saturated heterocycles. The lowest BCUT2D eigenvalue weighted by Gasteiger charge is -2.61. The summed E-state index contributed by atoms with van der Waals surface area (Å²) in [6, 6.07) is 0. The summed E-state index contributed by atoms with van der Waals surface area (Å²) in [7, 11) is 0. The molecule has 0 spiro atoms. The molecule has 8 atom stereocenters. The molecule has 0 radical (unpaired) electrons. The lowest BCUT2D eigenvalue weighted by Crippen LogP contribution is -2.53. The normalized spacial score (nSPS) is 55.4. The summed E-state index contributed by atoms with van der Waals surface area (Å²) in [4.78, 5) is 0. The van der Waals surface area contributed by atoms with Gasteiger partial charge in [-0.1, -0.05) is 27.2 Å². The van der Waals surface area contributed by atoms with Crippen molar-refractivity contribution in [2.24, 2.45) is 46.3 Å². The van der Waals surface area contributed by atoms with Gasteiger partial charge in [-0.15, -0.1) is 12.3 Å². The van der Waals surface area contributed by atoms with Crippen LogP contribution < -0.4 is 0 Å². The predicted octanol–water partition coefficient (Wildman–Crippen LogP) is 6.30. The summed E-state index contributed by atoms with van der Waals surface area (Å²) in [6.07, 6.45) is 20.3. The Morgan fingerprint density at radius 1 is 0.913 bits per heavy atom. The highest BCUT2D eigenvalue weighted by atomic mass is 14.6. The third-order valence-corrected chi connectivity index (χ3v) is 9.54. The van der Waals surface area contributed by atoms with E-state index in [1.54, 1.807) is 0 Å². The highest BCUT2D eigenvalue weighted by Gasteiger charge is 2.59. The SMILES string of the molecule is C#CC1CC[C@@H]2CC[C@@H]3[C@H](CC[C@]4(C)[C@@H](CC)CC[C@@H]34)[C@@]2(C)C1. The smallest absolute Gasteiger partial charge is 0.0205 e. The fraction of sp³-hybridized carbons (Fsp3) is 0.913. The third kappa shape index (κ3) is 2.18. The molecule has 0 aliphatic heterocycles. The number of fused-ring (bicyclic) bond motifs is 5. The Hall–Kier alpha value is -0.440. The molecule has 0 aromatic heterocycles. The highest BCUT2D eigenvalue weighted by Crippen LogP contribution is 2.68. The van der Waals surface area contributed by atoms with Crippen molar-refractivity contribution in [1.82, 2.24) is 0 Å². The molecule has 0 nitrogen and oxygen atoms in total. The monoisotopic (exact) mass is 312 g/mol. The maximum absolute atomic E-state index is 5.84. The molecule has 4 aliphatic rings. The van der Waals surface area contributed by atoms with Gasteiger partial charge in [-0.2, -0.15) is 0 Å². The Morgan fingerprint density at radius 2 is 1.65 bits per heavy atom. The number of rotatable bonds is 1. The molecule has 0 heterocycles. The Kier molecular flexibility index (Phi) is 3.87. The van der Waals surface area contributed by atoms with E-state index in [-0.39, 0.29) is 0 Å². The molecule has 23 heavy (non-hydrogen) atoms. The van der Waals surface area contributed by atoms with E-state index in [4.69, 9.17) is 6.42 Å². The molecule has 0 N–H and O–H groups in total. The topological polar surface area (TPSA) is 0 Å². The van der Waals surface area contributed by atoms with Gasteiger partial charge in [-0.25, -0.2) is 0 Å². The number of hydrogen-bond donors (Lipinski definition) is 0. The number of hydrogen-bond acceptors (Lipinski definition) is 0. The van der Waals surface area contributed by atoms with Crippen LogP contribution in [0.2, 0.25) is 0 Å². The van der Waals surface area contributed by atoms with Gasteiger partial charge in [0, 0.05) is 5.92 Å². The zero-order chi connectivity index (χ0) is 16.2. The van der Waals surface area contributed by atoms with Crippen LogP contribution in [-0.2, 0) is 0 Å². The molecule has 4 saturated carbocycles. The van der Waals surface area contributed by atoms with Crippen molar-refractivity contribution in [3.05, 3.63) is 0 Å². The van der Waals surface area contributed by atoms with E-state index in [2.05, 4.69) is 26.7 Å². The van der Waals surface area contributed by atoms with E-state index in [0.717, 1.165) is 29.6 Å². The summed E-state index contributed by atoms with van der Waals surface area (Å²) in [5, 5.41) is 0. The lowest BCUT2D eigenvalue weighted by molar-refractivity contribution is -0.116. The molecular formula is C23H36. The van der Waals surface area contributed by atoms with E-state index in [9.17, 15) is 0 Å². The minimum atomic E-state index is 0.559. The molecule has 0 amide bonds. The zero-order valence-corrected chi connectivity index (χ0v) is 15.6. The van der Waals surface area contributed by atoms with E-state index in [1.165, 1.54) is 64.2 Å². The highest BCUT2D eigenvalue weighted by molar-refractivity contribution is 5.11. The summed E-state index contributed by atoms with van der Waals surface area (Å²) >= 11 is 0. The molecule has 0 aromatic carbocycles. The minimum Gasteiger partial charge on any atom is -0.120 e. The van der Waals surface area contributed by atoms with Gasteiger partial charge in [-0.05, 0) is 98.2 Å². The molecule has 128 valence electrons. The van der Waals surface area contributed by atoms with E-state index >= 15 is 0 Å². The van der Waals surface area contributed by atoms with Gasteiger partial charge in [-0.3, -0.25) is 0 Å². The Bertz CT molecular complexity index is 499. The van der Waals surface area contributed by atoms with Crippen LogP contribution in [0.25, 0.3) is 0 Å². The Morgan fingerprint density at radius 3 is 2.39 bits per heavy atom. The summed E-state index contributed by atoms with van der Waals surface area (Å²) in [5.41, 5.74) is 1.23. The van der Waals surface area contributed by atoms with Crippen LogP contribution in [0.4, 0.5) is 0 Å². The lowest BCUT2D eigenvalue weighted by atomic mass is 9.44. The molecule has 4 fully saturated rings.